The van der Waals surface area contributed by atoms with Gasteiger partial charge in [0.25, 0.3) is 0 Å². The van der Waals surface area contributed by atoms with Crippen molar-refractivity contribution in [2.45, 2.75) is 32.3 Å². The molecule has 0 spiro atoms. The van der Waals surface area contributed by atoms with Crippen LogP contribution in [0, 0.1) is 11.8 Å². The zero-order chi connectivity index (χ0) is 19.6. The normalized spacial score (nSPS) is 19.9. The smallest absolute Gasteiger partial charge is 0.233 e. The highest BCUT2D eigenvalue weighted by atomic mass is 32.2. The van der Waals surface area contributed by atoms with Crippen molar-refractivity contribution in [2.75, 3.05) is 24.2 Å². The molecule has 1 aliphatic heterocycles. The highest BCUT2D eigenvalue weighted by Gasteiger charge is 2.26. The molecule has 0 radical (unpaired) electrons. The van der Waals surface area contributed by atoms with E-state index in [4.69, 9.17) is 4.63 Å². The minimum absolute atomic E-state index is 0.102. The predicted octanol–water partition coefficient (Wildman–Crippen LogP) is 1.42. The van der Waals surface area contributed by atoms with Crippen LogP contribution in [0.15, 0.2) is 9.79 Å². The third-order valence-corrected chi connectivity index (χ3v) is 5.38. The van der Waals surface area contributed by atoms with E-state index in [0.717, 1.165) is 19.5 Å². The van der Waals surface area contributed by atoms with Gasteiger partial charge in [-0.2, -0.15) is 0 Å². The molecule has 1 fully saturated rings. The van der Waals surface area contributed by atoms with Crippen molar-refractivity contribution in [1.29, 1.82) is 0 Å². The van der Waals surface area contributed by atoms with Gasteiger partial charge in [-0.1, -0.05) is 25.6 Å². The molecule has 11 heteroatoms. The van der Waals surface area contributed by atoms with Gasteiger partial charge in [0.2, 0.25) is 17.6 Å². The Hall–Kier alpha value is -2.43. The Bertz CT molecular complexity index is 824. The molecule has 1 saturated heterocycles. The Kier molecular flexibility index (Phi) is 5.78. The summed E-state index contributed by atoms with van der Waals surface area (Å²) in [5, 5.41) is 18.8. The number of carbonyl (C=O) groups is 2. The summed E-state index contributed by atoms with van der Waals surface area (Å²) in [4.78, 5) is 25.7. The summed E-state index contributed by atoms with van der Waals surface area (Å²) in [6.45, 7) is 7.33. The van der Waals surface area contributed by atoms with E-state index in [-0.39, 0.29) is 23.3 Å². The number of carbonyl (C=O) groups excluding carboxylic acids is 2. The van der Waals surface area contributed by atoms with E-state index < -0.39 is 0 Å². The summed E-state index contributed by atoms with van der Waals surface area (Å²) in [5.74, 6) is 1.73. The summed E-state index contributed by atoms with van der Waals surface area (Å²) in [7, 11) is 1.76. The molecule has 146 valence electrons. The van der Waals surface area contributed by atoms with Gasteiger partial charge in [-0.25, -0.2) is 4.63 Å². The number of piperidine rings is 1. The van der Waals surface area contributed by atoms with Crippen LogP contribution in [-0.4, -0.2) is 60.6 Å². The first kappa shape index (κ1) is 19.3. The van der Waals surface area contributed by atoms with Gasteiger partial charge in [-0.05, 0) is 28.6 Å². The lowest BCUT2D eigenvalue weighted by atomic mass is 9.92. The van der Waals surface area contributed by atoms with Crippen LogP contribution in [0.5, 0.6) is 0 Å². The quantitative estimate of drug-likeness (QED) is 0.758. The van der Waals surface area contributed by atoms with Crippen molar-refractivity contribution in [2.24, 2.45) is 18.9 Å². The highest BCUT2D eigenvalue weighted by Crippen LogP contribution is 2.27. The second-order valence-electron chi connectivity index (χ2n) is 7.04. The summed E-state index contributed by atoms with van der Waals surface area (Å²) in [5.41, 5.74) is 0.289. The Labute approximate surface area is 161 Å². The van der Waals surface area contributed by atoms with E-state index in [1.165, 1.54) is 18.7 Å². The maximum Gasteiger partial charge on any atom is 0.233 e. The lowest BCUT2D eigenvalue weighted by molar-refractivity contribution is -0.131. The summed E-state index contributed by atoms with van der Waals surface area (Å²) in [6.07, 6.45) is 1.16. The van der Waals surface area contributed by atoms with Crippen molar-refractivity contribution >= 4 is 29.4 Å². The van der Waals surface area contributed by atoms with E-state index in [1.54, 1.807) is 11.6 Å². The van der Waals surface area contributed by atoms with E-state index in [9.17, 15) is 9.59 Å². The number of thioether (sulfide) groups is 1. The van der Waals surface area contributed by atoms with E-state index in [1.807, 2.05) is 4.90 Å². The van der Waals surface area contributed by atoms with Crippen molar-refractivity contribution < 1.29 is 14.2 Å². The van der Waals surface area contributed by atoms with Gasteiger partial charge < -0.3 is 14.8 Å². The zero-order valence-electron chi connectivity index (χ0n) is 15.8. The largest absolute Gasteiger partial charge is 0.341 e. The Balaban J connectivity index is 1.67. The average Bonchev–Trinajstić information content (AvgIpc) is 3.17. The fraction of sp³-hybridized carbons (Fsp3) is 0.625. The van der Waals surface area contributed by atoms with Crippen LogP contribution in [0.3, 0.4) is 0 Å². The number of anilines is 1. The van der Waals surface area contributed by atoms with Crippen molar-refractivity contribution in [3.8, 4) is 11.5 Å². The molecule has 3 rings (SSSR count). The van der Waals surface area contributed by atoms with Gasteiger partial charge in [-0.3, -0.25) is 9.59 Å². The third kappa shape index (κ3) is 4.46. The summed E-state index contributed by atoms with van der Waals surface area (Å²) in [6, 6.07) is 0. The van der Waals surface area contributed by atoms with Crippen LogP contribution in [0.25, 0.3) is 11.5 Å². The minimum atomic E-state index is -0.292. The van der Waals surface area contributed by atoms with Gasteiger partial charge in [0.15, 0.2) is 16.7 Å². The molecule has 0 bridgehead atoms. The fourth-order valence-corrected chi connectivity index (χ4v) is 4.13. The second-order valence-corrected chi connectivity index (χ2v) is 7.98. The maximum absolute atomic E-state index is 12.5. The topological polar surface area (TPSA) is 119 Å². The SMILES string of the molecule is CC(=O)Nc1nonc1-c1nnc(SCC(=O)N2C[C@H](C)C[C@H](C)C2)n1C. The number of amides is 2. The molecule has 1 N–H and O–H groups in total. The summed E-state index contributed by atoms with van der Waals surface area (Å²) >= 11 is 1.32. The number of hydrogen-bond acceptors (Lipinski definition) is 8. The molecule has 0 aromatic carbocycles. The lowest BCUT2D eigenvalue weighted by Crippen LogP contribution is -2.43. The number of rotatable bonds is 5. The molecule has 27 heavy (non-hydrogen) atoms. The maximum atomic E-state index is 12.5. The molecular weight excluding hydrogens is 370 g/mol. The molecule has 1 aliphatic rings. The Morgan fingerprint density at radius 2 is 1.93 bits per heavy atom. The second kappa shape index (κ2) is 8.07. The first-order valence-corrected chi connectivity index (χ1v) is 9.74. The number of hydrogen-bond donors (Lipinski definition) is 1. The number of nitrogens with zero attached hydrogens (tertiary/aromatic N) is 6. The van der Waals surface area contributed by atoms with Crippen molar-refractivity contribution in [3.63, 3.8) is 0 Å². The third-order valence-electron chi connectivity index (χ3n) is 4.38. The highest BCUT2D eigenvalue weighted by molar-refractivity contribution is 7.99. The van der Waals surface area contributed by atoms with Crippen LogP contribution in [-0.2, 0) is 16.6 Å². The molecule has 0 unspecified atom stereocenters. The molecule has 2 aromatic heterocycles. The number of likely N-dealkylation sites (tertiary alicyclic amines) is 1. The van der Waals surface area contributed by atoms with Crippen molar-refractivity contribution in [3.05, 3.63) is 0 Å². The first-order chi connectivity index (χ1) is 12.8. The standard InChI is InChI=1S/C16H23N7O3S/c1-9-5-10(2)7-23(6-9)12(25)8-27-16-19-18-15(22(16)4)13-14(17-11(3)24)21-26-20-13/h9-10H,5-8H2,1-4H3,(H,17,21,24)/t9-,10+. The van der Waals surface area contributed by atoms with Crippen LogP contribution >= 0.6 is 11.8 Å². The van der Waals surface area contributed by atoms with Gasteiger partial charge >= 0.3 is 0 Å². The molecule has 0 aliphatic carbocycles. The molecule has 3 heterocycles. The lowest BCUT2D eigenvalue weighted by Gasteiger charge is -2.34. The molecule has 2 aromatic rings. The van der Waals surface area contributed by atoms with Gasteiger partial charge in [0.05, 0.1) is 5.75 Å². The summed E-state index contributed by atoms with van der Waals surface area (Å²) < 4.78 is 6.40. The molecular formula is C16H23N7O3S. The minimum Gasteiger partial charge on any atom is -0.341 e. The molecule has 10 nitrogen and oxygen atoms in total. The van der Waals surface area contributed by atoms with Crippen molar-refractivity contribution in [1.82, 2.24) is 30.0 Å². The predicted molar refractivity (Wildman–Crippen MR) is 98.8 cm³/mol. The van der Waals surface area contributed by atoms with Crippen LogP contribution in [0.2, 0.25) is 0 Å². The number of aromatic nitrogens is 5. The van der Waals surface area contributed by atoms with Gasteiger partial charge in [0.1, 0.15) is 0 Å². The zero-order valence-corrected chi connectivity index (χ0v) is 16.6. The molecule has 2 atom stereocenters. The Morgan fingerprint density at radius 3 is 2.59 bits per heavy atom. The monoisotopic (exact) mass is 393 g/mol. The van der Waals surface area contributed by atoms with Gasteiger partial charge in [0, 0.05) is 27.1 Å². The van der Waals surface area contributed by atoms with E-state index >= 15 is 0 Å². The number of nitrogens with one attached hydrogen (secondary N) is 1. The first-order valence-electron chi connectivity index (χ1n) is 8.75. The molecule has 2 amide bonds. The van der Waals surface area contributed by atoms with Crippen LogP contribution in [0.1, 0.15) is 27.2 Å². The average molecular weight is 393 g/mol. The molecule has 0 saturated carbocycles. The van der Waals surface area contributed by atoms with Gasteiger partial charge in [-0.15, -0.1) is 10.2 Å². The van der Waals surface area contributed by atoms with E-state index in [0.29, 0.717) is 28.6 Å². The Morgan fingerprint density at radius 1 is 1.22 bits per heavy atom. The van der Waals surface area contributed by atoms with E-state index in [2.05, 4.69) is 39.7 Å². The van der Waals surface area contributed by atoms with Crippen LogP contribution < -0.4 is 5.32 Å². The fourth-order valence-electron chi connectivity index (χ4n) is 3.31. The van der Waals surface area contributed by atoms with Crippen LogP contribution in [0.4, 0.5) is 5.82 Å².